The maximum absolute atomic E-state index is 4.57. The molecule has 0 spiro atoms. The lowest BCUT2D eigenvalue weighted by Crippen LogP contribution is -2.14. The number of fused-ring (bicyclic) bond motifs is 1. The molecule has 0 unspecified atom stereocenters. The van der Waals surface area contributed by atoms with Crippen LogP contribution in [-0.2, 0) is 13.1 Å². The average molecular weight is 270 g/mol. The molecule has 2 heterocycles. The molecule has 3 aromatic rings. The van der Waals surface area contributed by atoms with Crippen molar-refractivity contribution in [2.45, 2.75) is 20.0 Å². The van der Waals surface area contributed by atoms with E-state index in [9.17, 15) is 0 Å². The quantitative estimate of drug-likeness (QED) is 0.792. The summed E-state index contributed by atoms with van der Waals surface area (Å²) in [5.74, 6) is 0. The molecule has 0 fully saturated rings. The molecule has 1 aromatic carbocycles. The number of aromatic nitrogens is 3. The van der Waals surface area contributed by atoms with Gasteiger partial charge in [0, 0.05) is 18.5 Å². The van der Waals surface area contributed by atoms with Gasteiger partial charge in [-0.3, -0.25) is 4.98 Å². The van der Waals surface area contributed by atoms with E-state index in [1.54, 1.807) is 11.3 Å². The van der Waals surface area contributed by atoms with Gasteiger partial charge in [0.2, 0.25) is 0 Å². The van der Waals surface area contributed by atoms with E-state index in [2.05, 4.69) is 25.6 Å². The van der Waals surface area contributed by atoms with Crippen LogP contribution in [-0.4, -0.2) is 15.0 Å². The zero-order valence-electron chi connectivity index (χ0n) is 10.6. The Balaban J connectivity index is 1.65. The van der Waals surface area contributed by atoms with E-state index in [0.717, 1.165) is 34.0 Å². The van der Waals surface area contributed by atoms with Gasteiger partial charge >= 0.3 is 0 Å². The fourth-order valence-corrected chi connectivity index (χ4v) is 2.50. The van der Waals surface area contributed by atoms with E-state index < -0.39 is 0 Å². The molecule has 2 aromatic heterocycles. The normalized spacial score (nSPS) is 11.0. The summed E-state index contributed by atoms with van der Waals surface area (Å²) in [6, 6.07) is 7.90. The smallest absolute Gasteiger partial charge is 0.0897 e. The largest absolute Gasteiger partial charge is 0.305 e. The first-order valence-electron chi connectivity index (χ1n) is 6.13. The van der Waals surface area contributed by atoms with E-state index in [1.807, 2.05) is 37.4 Å². The van der Waals surface area contributed by atoms with E-state index >= 15 is 0 Å². The number of rotatable bonds is 4. The van der Waals surface area contributed by atoms with Crippen molar-refractivity contribution >= 4 is 22.4 Å². The van der Waals surface area contributed by atoms with Crippen molar-refractivity contribution in [1.82, 2.24) is 20.3 Å². The Morgan fingerprint density at radius 1 is 1.05 bits per heavy atom. The molecule has 0 saturated carbocycles. The zero-order chi connectivity index (χ0) is 13.1. The summed E-state index contributed by atoms with van der Waals surface area (Å²) in [6.45, 7) is 3.48. The van der Waals surface area contributed by atoms with Gasteiger partial charge in [-0.1, -0.05) is 12.1 Å². The molecule has 4 nitrogen and oxygen atoms in total. The summed E-state index contributed by atoms with van der Waals surface area (Å²) in [6.07, 6.45) is 1.82. The summed E-state index contributed by atoms with van der Waals surface area (Å²) in [5.41, 5.74) is 3.90. The number of hydrogen-bond acceptors (Lipinski definition) is 5. The third kappa shape index (κ3) is 2.94. The topological polar surface area (TPSA) is 50.7 Å². The van der Waals surface area contributed by atoms with Gasteiger partial charge in [0.05, 0.1) is 33.6 Å². The minimum absolute atomic E-state index is 0.703. The van der Waals surface area contributed by atoms with Crippen molar-refractivity contribution in [2.75, 3.05) is 0 Å². The lowest BCUT2D eigenvalue weighted by molar-refractivity contribution is 0.669. The van der Waals surface area contributed by atoms with E-state index in [1.165, 1.54) is 0 Å². The summed E-state index contributed by atoms with van der Waals surface area (Å²) in [7, 11) is 0. The summed E-state index contributed by atoms with van der Waals surface area (Å²) < 4.78 is 0. The molecule has 0 aliphatic carbocycles. The number of nitrogens with zero attached hydrogens (tertiary/aromatic N) is 3. The SMILES string of the molecule is Cc1nc(CNCc2cnc3ccccc3n2)cs1. The number of nitrogens with one attached hydrogen (secondary N) is 1. The third-order valence-electron chi connectivity index (χ3n) is 2.78. The minimum atomic E-state index is 0.703. The Labute approximate surface area is 115 Å². The Kier molecular flexibility index (Phi) is 3.48. The fourth-order valence-electron chi connectivity index (χ4n) is 1.89. The third-order valence-corrected chi connectivity index (χ3v) is 3.60. The van der Waals surface area contributed by atoms with Crippen LogP contribution in [0.2, 0.25) is 0 Å². The van der Waals surface area contributed by atoms with Gasteiger partial charge in [0.15, 0.2) is 0 Å². The maximum atomic E-state index is 4.57. The lowest BCUT2D eigenvalue weighted by atomic mass is 10.3. The number of aryl methyl sites for hydroxylation is 1. The highest BCUT2D eigenvalue weighted by Crippen LogP contribution is 2.09. The number of thiazole rings is 1. The molecule has 0 atom stereocenters. The zero-order valence-corrected chi connectivity index (χ0v) is 11.4. The Morgan fingerprint density at radius 3 is 2.63 bits per heavy atom. The molecule has 1 N–H and O–H groups in total. The van der Waals surface area contributed by atoms with E-state index in [-0.39, 0.29) is 0 Å². The van der Waals surface area contributed by atoms with Crippen LogP contribution in [0.5, 0.6) is 0 Å². The van der Waals surface area contributed by atoms with Crippen LogP contribution in [0.25, 0.3) is 11.0 Å². The second kappa shape index (κ2) is 5.42. The first kappa shape index (κ1) is 12.2. The molecule has 3 rings (SSSR count). The molecule has 19 heavy (non-hydrogen) atoms. The molecule has 0 saturated heterocycles. The fraction of sp³-hybridized carbons (Fsp3) is 0.214. The van der Waals surface area contributed by atoms with Crippen molar-refractivity contribution in [3.05, 3.63) is 52.2 Å². The molecule has 0 aliphatic rings. The first-order chi connectivity index (χ1) is 9.31. The highest BCUT2D eigenvalue weighted by atomic mass is 32.1. The van der Waals surface area contributed by atoms with Gasteiger partial charge in [-0.25, -0.2) is 9.97 Å². The predicted molar refractivity (Wildman–Crippen MR) is 76.9 cm³/mol. The van der Waals surface area contributed by atoms with Crippen molar-refractivity contribution in [3.63, 3.8) is 0 Å². The summed E-state index contributed by atoms with van der Waals surface area (Å²) in [4.78, 5) is 13.4. The molecule has 0 aliphatic heterocycles. The van der Waals surface area contributed by atoms with Crippen LogP contribution < -0.4 is 5.32 Å². The van der Waals surface area contributed by atoms with E-state index in [0.29, 0.717) is 6.54 Å². The molecule has 0 amide bonds. The summed E-state index contributed by atoms with van der Waals surface area (Å²) in [5, 5.41) is 6.51. The van der Waals surface area contributed by atoms with Crippen LogP contribution >= 0.6 is 11.3 Å². The molecule has 5 heteroatoms. The van der Waals surface area contributed by atoms with Crippen molar-refractivity contribution < 1.29 is 0 Å². The number of para-hydroxylation sites is 2. The predicted octanol–water partition coefficient (Wildman–Crippen LogP) is 2.68. The average Bonchev–Trinajstić information content (AvgIpc) is 2.84. The Hall–Kier alpha value is -1.85. The standard InChI is InChI=1S/C14H14N4S/c1-10-17-12(9-19-10)7-15-6-11-8-16-13-4-2-3-5-14(13)18-11/h2-5,8-9,15H,6-7H2,1H3. The molecular weight excluding hydrogens is 256 g/mol. The van der Waals surface area contributed by atoms with Crippen molar-refractivity contribution in [3.8, 4) is 0 Å². The second-order valence-corrected chi connectivity index (χ2v) is 5.37. The van der Waals surface area contributed by atoms with Gasteiger partial charge < -0.3 is 5.32 Å². The van der Waals surface area contributed by atoms with Crippen molar-refractivity contribution in [1.29, 1.82) is 0 Å². The van der Waals surface area contributed by atoms with E-state index in [4.69, 9.17) is 0 Å². The molecular formula is C14H14N4S. The summed E-state index contributed by atoms with van der Waals surface area (Å²) >= 11 is 1.67. The maximum Gasteiger partial charge on any atom is 0.0897 e. The lowest BCUT2D eigenvalue weighted by Gasteiger charge is -2.03. The first-order valence-corrected chi connectivity index (χ1v) is 7.01. The van der Waals surface area contributed by atoms with Gasteiger partial charge in [0.25, 0.3) is 0 Å². The van der Waals surface area contributed by atoms with Gasteiger partial charge in [0.1, 0.15) is 0 Å². The van der Waals surface area contributed by atoms with Gasteiger partial charge in [-0.2, -0.15) is 0 Å². The number of hydrogen-bond donors (Lipinski definition) is 1. The molecule has 96 valence electrons. The van der Waals surface area contributed by atoms with Crippen LogP contribution in [0.4, 0.5) is 0 Å². The number of benzene rings is 1. The van der Waals surface area contributed by atoms with Gasteiger partial charge in [-0.05, 0) is 19.1 Å². The second-order valence-electron chi connectivity index (χ2n) is 4.31. The minimum Gasteiger partial charge on any atom is -0.305 e. The van der Waals surface area contributed by atoms with Crippen LogP contribution in [0.15, 0.2) is 35.8 Å². The Bertz CT molecular complexity index is 692. The highest BCUT2D eigenvalue weighted by Gasteiger charge is 2.01. The Morgan fingerprint density at radius 2 is 1.84 bits per heavy atom. The van der Waals surface area contributed by atoms with Crippen LogP contribution in [0.1, 0.15) is 16.4 Å². The monoisotopic (exact) mass is 270 g/mol. The van der Waals surface area contributed by atoms with Crippen LogP contribution in [0, 0.1) is 6.92 Å². The van der Waals surface area contributed by atoms with Crippen LogP contribution in [0.3, 0.4) is 0 Å². The molecule has 0 radical (unpaired) electrons. The van der Waals surface area contributed by atoms with Gasteiger partial charge in [-0.15, -0.1) is 11.3 Å². The van der Waals surface area contributed by atoms with Crippen molar-refractivity contribution in [2.24, 2.45) is 0 Å². The molecule has 0 bridgehead atoms. The highest BCUT2D eigenvalue weighted by molar-refractivity contribution is 7.09.